The number of halogens is 9. The fourth-order valence-electron chi connectivity index (χ4n) is 0.823. The number of ketones is 3. The van der Waals surface area contributed by atoms with Crippen LogP contribution in [-0.4, -0.2) is 51.2 Å². The van der Waals surface area contributed by atoms with Crippen LogP contribution in [-0.2, 0) is 48.5 Å². The summed E-state index contributed by atoms with van der Waals surface area (Å²) in [6.45, 7) is 2.76. The molecule has 0 aromatic rings. The zero-order chi connectivity index (χ0) is 25.1. The van der Waals surface area contributed by atoms with Gasteiger partial charge in [0.25, 0.3) is 0 Å². The van der Waals surface area contributed by atoms with Gasteiger partial charge in [-0.25, -0.2) is 0 Å². The minimum atomic E-state index is -4.81. The van der Waals surface area contributed by atoms with E-state index in [4.69, 9.17) is 15.3 Å². The van der Waals surface area contributed by atoms with E-state index in [0.29, 0.717) is 0 Å². The molecule has 0 saturated carbocycles. The second kappa shape index (κ2) is 16.6. The molecule has 6 nitrogen and oxygen atoms in total. The Kier molecular flexibility index (Phi) is 21.0. The molecular formula is C15H15F9Fe2O6+6. The van der Waals surface area contributed by atoms with Crippen molar-refractivity contribution in [1.29, 1.82) is 0 Å². The Morgan fingerprint density at radius 3 is 0.656 bits per heavy atom. The van der Waals surface area contributed by atoms with Crippen molar-refractivity contribution in [3.05, 3.63) is 35.5 Å². The van der Waals surface area contributed by atoms with Gasteiger partial charge in [-0.1, -0.05) is 0 Å². The SMILES string of the molecule is CC(=O)C=C(O)C(F)(F)F.CC(=O)C=C(O)C(F)(F)F.CC(=O)C=C(O)C(F)(F)F.[Fe+3].[Fe+3]. The van der Waals surface area contributed by atoms with Gasteiger partial charge in [0, 0.05) is 18.2 Å². The summed E-state index contributed by atoms with van der Waals surface area (Å²) in [5, 5.41) is 24.2. The van der Waals surface area contributed by atoms with E-state index in [1.807, 2.05) is 0 Å². The summed E-state index contributed by atoms with van der Waals surface area (Å²) >= 11 is 0. The van der Waals surface area contributed by atoms with E-state index >= 15 is 0 Å². The van der Waals surface area contributed by atoms with Gasteiger partial charge in [-0.05, 0) is 20.8 Å². The van der Waals surface area contributed by atoms with Crippen LogP contribution < -0.4 is 0 Å². The van der Waals surface area contributed by atoms with E-state index in [1.54, 1.807) is 0 Å². The van der Waals surface area contributed by atoms with Gasteiger partial charge in [-0.15, -0.1) is 0 Å². The van der Waals surface area contributed by atoms with E-state index in [-0.39, 0.29) is 52.4 Å². The van der Waals surface area contributed by atoms with Crippen molar-refractivity contribution in [1.82, 2.24) is 0 Å². The van der Waals surface area contributed by atoms with Crippen molar-refractivity contribution in [3.63, 3.8) is 0 Å². The van der Waals surface area contributed by atoms with Crippen molar-refractivity contribution in [2.45, 2.75) is 39.3 Å². The molecule has 0 rings (SSSR count). The summed E-state index contributed by atoms with van der Waals surface area (Å²) in [5.74, 6) is -8.10. The number of carbonyl (C=O) groups excluding carboxylic acids is 3. The molecule has 2 radical (unpaired) electrons. The monoisotopic (exact) mass is 574 g/mol. The van der Waals surface area contributed by atoms with Gasteiger partial charge in [0.05, 0.1) is 0 Å². The molecule has 0 bridgehead atoms. The van der Waals surface area contributed by atoms with Crippen LogP contribution in [0.1, 0.15) is 20.8 Å². The van der Waals surface area contributed by atoms with Crippen molar-refractivity contribution < 1.29 is 103 Å². The van der Waals surface area contributed by atoms with Crippen molar-refractivity contribution in [3.8, 4) is 0 Å². The number of rotatable bonds is 3. The fourth-order valence-corrected chi connectivity index (χ4v) is 0.823. The molecule has 0 aromatic heterocycles. The number of alkyl halides is 9. The Hall–Kier alpha value is -1.96. The Balaban J connectivity index is -0.000000110. The summed E-state index contributed by atoms with van der Waals surface area (Å²) in [6.07, 6.45) is -14.1. The summed E-state index contributed by atoms with van der Waals surface area (Å²) in [4.78, 5) is 29.9. The van der Waals surface area contributed by atoms with Crippen LogP contribution >= 0.6 is 0 Å². The third kappa shape index (κ3) is 26.1. The van der Waals surface area contributed by atoms with Gasteiger partial charge in [0.1, 0.15) is 0 Å². The van der Waals surface area contributed by atoms with Crippen molar-refractivity contribution >= 4 is 17.3 Å². The number of aliphatic hydroxyl groups excluding tert-OH is 3. The van der Waals surface area contributed by atoms with Gasteiger partial charge < -0.3 is 15.3 Å². The standard InChI is InChI=1S/3C5H5F3O2.2Fe/c3*1-3(9)2-4(10)5(6,7)8;;/h3*2,10H,1H3;;/q;;;2*+3. The Bertz CT molecular complexity index is 611. The molecule has 0 aromatic carbocycles. The summed E-state index contributed by atoms with van der Waals surface area (Å²) in [5.41, 5.74) is 0. The molecule has 0 spiro atoms. The van der Waals surface area contributed by atoms with Crippen molar-refractivity contribution in [2.24, 2.45) is 0 Å². The molecule has 0 aliphatic rings. The number of allylic oxidation sites excluding steroid dienone is 6. The Labute approximate surface area is 195 Å². The maximum atomic E-state index is 11.3. The number of hydrogen-bond donors (Lipinski definition) is 3. The zero-order valence-electron chi connectivity index (χ0n) is 15.9. The van der Waals surface area contributed by atoms with E-state index in [2.05, 4.69) is 0 Å². The molecule has 3 N–H and O–H groups in total. The van der Waals surface area contributed by atoms with E-state index < -0.39 is 53.2 Å². The normalized spacial score (nSPS) is 12.6. The first-order chi connectivity index (χ1) is 13.0. The van der Waals surface area contributed by atoms with Crippen LogP contribution in [0.25, 0.3) is 0 Å². The molecule has 0 unspecified atom stereocenters. The first-order valence-electron chi connectivity index (χ1n) is 6.97. The Morgan fingerprint density at radius 1 is 0.500 bits per heavy atom. The fraction of sp³-hybridized carbons (Fsp3) is 0.400. The molecule has 0 aliphatic carbocycles. The van der Waals surface area contributed by atoms with Gasteiger partial charge >= 0.3 is 52.7 Å². The maximum absolute atomic E-state index is 11.3. The maximum Gasteiger partial charge on any atom is 3.00 e. The topological polar surface area (TPSA) is 112 Å². The second-order valence-electron chi connectivity index (χ2n) is 4.91. The average molecular weight is 574 g/mol. The third-order valence-corrected chi connectivity index (χ3v) is 1.89. The van der Waals surface area contributed by atoms with E-state index in [1.165, 1.54) is 0 Å². The molecule has 17 heteroatoms. The third-order valence-electron chi connectivity index (χ3n) is 1.89. The minimum absolute atomic E-state index is 0. The van der Waals surface area contributed by atoms with Gasteiger partial charge in [-0.2, -0.15) is 39.5 Å². The average Bonchev–Trinajstić information content (AvgIpc) is 2.43. The van der Waals surface area contributed by atoms with Crippen LogP contribution in [0, 0.1) is 0 Å². The number of hydrogen-bond acceptors (Lipinski definition) is 6. The molecule has 32 heavy (non-hydrogen) atoms. The largest absolute Gasteiger partial charge is 3.00 e. The van der Waals surface area contributed by atoms with Crippen LogP contribution in [0.15, 0.2) is 35.5 Å². The van der Waals surface area contributed by atoms with Crippen LogP contribution in [0.5, 0.6) is 0 Å². The van der Waals surface area contributed by atoms with Gasteiger partial charge in [0.2, 0.25) is 17.3 Å². The molecule has 0 aliphatic heterocycles. The van der Waals surface area contributed by atoms with E-state index in [0.717, 1.165) is 20.8 Å². The summed E-state index contributed by atoms with van der Waals surface area (Å²) < 4.78 is 102. The smallest absolute Gasteiger partial charge is 0.504 e. The van der Waals surface area contributed by atoms with Gasteiger partial charge in [-0.3, -0.25) is 14.4 Å². The Morgan fingerprint density at radius 2 is 0.625 bits per heavy atom. The summed E-state index contributed by atoms with van der Waals surface area (Å²) in [7, 11) is 0. The molecule has 0 amide bonds. The van der Waals surface area contributed by atoms with Crippen LogP contribution in [0.2, 0.25) is 0 Å². The number of carbonyl (C=O) groups is 3. The minimum Gasteiger partial charge on any atom is -0.504 e. The number of aliphatic hydroxyl groups is 3. The molecule has 0 atom stereocenters. The van der Waals surface area contributed by atoms with Gasteiger partial charge in [0.15, 0.2) is 17.3 Å². The van der Waals surface area contributed by atoms with Crippen molar-refractivity contribution in [2.75, 3.05) is 0 Å². The second-order valence-corrected chi connectivity index (χ2v) is 4.91. The molecular weight excluding hydrogens is 559 g/mol. The molecule has 0 fully saturated rings. The first kappa shape index (κ1) is 40.4. The van der Waals surface area contributed by atoms with Crippen LogP contribution in [0.4, 0.5) is 39.5 Å². The predicted molar refractivity (Wildman–Crippen MR) is 82.3 cm³/mol. The first-order valence-corrected chi connectivity index (χ1v) is 6.97. The predicted octanol–water partition coefficient (Wildman–Crippen LogP) is 4.73. The summed E-state index contributed by atoms with van der Waals surface area (Å²) in [6, 6.07) is 0. The molecule has 184 valence electrons. The quantitative estimate of drug-likeness (QED) is 0.195. The van der Waals surface area contributed by atoms with E-state index in [9.17, 15) is 53.9 Å². The zero-order valence-corrected chi connectivity index (χ0v) is 18.1. The molecule has 0 heterocycles. The van der Waals surface area contributed by atoms with Crippen LogP contribution in [0.3, 0.4) is 0 Å². The molecule has 0 saturated heterocycles.